The van der Waals surface area contributed by atoms with Crippen LogP contribution in [0.25, 0.3) is 11.1 Å². The van der Waals surface area contributed by atoms with Gasteiger partial charge in [-0.1, -0.05) is 73.3 Å². The van der Waals surface area contributed by atoms with Crippen LogP contribution in [0, 0.1) is 11.8 Å². The van der Waals surface area contributed by atoms with E-state index in [4.69, 9.17) is 14.2 Å². The predicted octanol–water partition coefficient (Wildman–Crippen LogP) is 5.12. The van der Waals surface area contributed by atoms with Gasteiger partial charge in [-0.15, -0.1) is 0 Å². The number of carbonyl (C=O) groups excluding carboxylic acids is 7. The number of para-hydroxylation sites is 2. The average molecular weight is 907 g/mol. The van der Waals surface area contributed by atoms with Gasteiger partial charge in [-0.2, -0.15) is 5.10 Å². The van der Waals surface area contributed by atoms with Crippen LogP contribution in [0.1, 0.15) is 69.9 Å². The highest BCUT2D eigenvalue weighted by molar-refractivity contribution is 6.09. The number of rotatable bonds is 15. The number of fused-ring (bicyclic) bond motifs is 4. The monoisotopic (exact) mass is 906 g/mol. The van der Waals surface area contributed by atoms with Crippen LogP contribution in [0.3, 0.4) is 0 Å². The molecular formula is C48H58N8O10. The van der Waals surface area contributed by atoms with Gasteiger partial charge in [-0.25, -0.2) is 19.8 Å². The summed E-state index contributed by atoms with van der Waals surface area (Å²) in [5, 5.41) is 14.8. The number of urea groups is 1. The van der Waals surface area contributed by atoms with Gasteiger partial charge in [-0.3, -0.25) is 29.0 Å². The zero-order valence-electron chi connectivity index (χ0n) is 37.7. The van der Waals surface area contributed by atoms with Crippen LogP contribution >= 0.6 is 0 Å². The lowest BCUT2D eigenvalue weighted by molar-refractivity contribution is -0.155. The minimum Gasteiger partial charge on any atom is -0.460 e. The summed E-state index contributed by atoms with van der Waals surface area (Å²) in [7, 11) is 1.62. The second-order valence-electron chi connectivity index (χ2n) is 17.3. The van der Waals surface area contributed by atoms with E-state index in [0.29, 0.717) is 6.54 Å². The summed E-state index contributed by atoms with van der Waals surface area (Å²) in [6.45, 7) is 7.84. The number of esters is 1. The van der Waals surface area contributed by atoms with E-state index in [9.17, 15) is 33.6 Å². The summed E-state index contributed by atoms with van der Waals surface area (Å²) in [4.78, 5) is 95.7. The van der Waals surface area contributed by atoms with Crippen molar-refractivity contribution in [2.45, 2.75) is 76.5 Å². The normalized spacial score (nSPS) is 18.4. The van der Waals surface area contributed by atoms with Crippen molar-refractivity contribution >= 4 is 59.5 Å². The summed E-state index contributed by atoms with van der Waals surface area (Å²) in [6.07, 6.45) is 3.42. The molecule has 0 aromatic heterocycles. The minimum absolute atomic E-state index is 0.0183. The lowest BCUT2D eigenvalue weighted by Gasteiger charge is -2.27. The third-order valence-electron chi connectivity index (χ3n) is 11.5. The van der Waals surface area contributed by atoms with Gasteiger partial charge in [0.1, 0.15) is 31.4 Å². The molecule has 2 atom stereocenters. The van der Waals surface area contributed by atoms with Crippen LogP contribution in [-0.4, -0.2) is 106 Å². The minimum atomic E-state index is -1.43. The topological polar surface area (TPSA) is 226 Å². The van der Waals surface area contributed by atoms with Crippen LogP contribution in [0.5, 0.6) is 0 Å². The van der Waals surface area contributed by atoms with Crippen LogP contribution in [0.4, 0.5) is 25.8 Å². The molecule has 3 aromatic carbocycles. The van der Waals surface area contributed by atoms with E-state index in [-0.39, 0.29) is 61.2 Å². The molecule has 7 amide bonds. The van der Waals surface area contributed by atoms with Crippen molar-refractivity contribution in [1.29, 1.82) is 0 Å². The highest BCUT2D eigenvalue weighted by Gasteiger charge is 2.39. The van der Waals surface area contributed by atoms with Gasteiger partial charge in [0.15, 0.2) is 0 Å². The Kier molecular flexibility index (Phi) is 16.1. The molecule has 1 aliphatic heterocycles. The Balaban J connectivity index is 1.16. The number of amides is 7. The van der Waals surface area contributed by atoms with Crippen LogP contribution in [-0.2, 0) is 33.4 Å². The highest BCUT2D eigenvalue weighted by Crippen LogP contribution is 2.44. The van der Waals surface area contributed by atoms with Crippen molar-refractivity contribution in [3.63, 3.8) is 0 Å². The molecule has 0 unspecified atom stereocenters. The number of nitrogens with zero attached hydrogens (tertiary/aromatic N) is 3. The highest BCUT2D eigenvalue weighted by atomic mass is 16.6. The molecule has 350 valence electrons. The van der Waals surface area contributed by atoms with E-state index in [2.05, 4.69) is 38.4 Å². The van der Waals surface area contributed by atoms with E-state index < -0.39 is 60.2 Å². The molecule has 18 heteroatoms. The first-order valence-corrected chi connectivity index (χ1v) is 22.0. The van der Waals surface area contributed by atoms with Crippen molar-refractivity contribution in [2.75, 3.05) is 49.7 Å². The number of benzene rings is 3. The zero-order valence-corrected chi connectivity index (χ0v) is 37.7. The maximum Gasteiger partial charge on any atom is 0.414 e. The maximum absolute atomic E-state index is 14.6. The Bertz CT molecular complexity index is 2280. The van der Waals surface area contributed by atoms with Crippen molar-refractivity contribution in [3.8, 4) is 11.1 Å². The first-order chi connectivity index (χ1) is 31.6. The summed E-state index contributed by atoms with van der Waals surface area (Å²) in [5.41, 5.74) is 5.93. The van der Waals surface area contributed by atoms with Crippen molar-refractivity contribution in [1.82, 2.24) is 26.7 Å². The molecule has 5 N–H and O–H groups in total. The molecule has 66 heavy (non-hydrogen) atoms. The molecule has 2 aliphatic carbocycles. The number of anilines is 2. The van der Waals surface area contributed by atoms with Gasteiger partial charge in [0, 0.05) is 31.6 Å². The van der Waals surface area contributed by atoms with E-state index in [1.807, 2.05) is 48.5 Å². The Morgan fingerprint density at radius 2 is 1.52 bits per heavy atom. The Morgan fingerprint density at radius 1 is 0.879 bits per heavy atom. The molecule has 6 rings (SSSR count). The molecule has 3 aromatic rings. The molecule has 0 bridgehead atoms. The SMILES string of the molecule is C=CCOC(=O)N1C[C@H](NC(=O)OCC2c3ccccc3-c3ccccc32)C(=O)N(CC(=O)N[C@H](/C=N/NC(=O)NCC2CCC(C(=O)NC)CC2)CC(=O)OC(C)(C)C)c2ccccc21. The molecule has 1 heterocycles. The fourth-order valence-electron chi connectivity index (χ4n) is 8.42. The van der Waals surface area contributed by atoms with Crippen LogP contribution in [0.15, 0.2) is 90.6 Å². The molecule has 18 nitrogen and oxygen atoms in total. The second kappa shape index (κ2) is 22.1. The largest absolute Gasteiger partial charge is 0.460 e. The number of hydrogen-bond donors (Lipinski definition) is 5. The standard InChI is InChI=1S/C48H58N8O10/c1-6-23-64-47(63)56-27-38(53-46(62)65-29-37-35-15-9-7-13-33(35)34-14-8-10-16-36(34)37)44(60)55(39-17-11-12-18-40(39)56)28-41(57)52-32(24-42(58)66-48(2,3)4)26-51-54-45(61)50-25-30-19-21-31(22-20-30)43(59)49-5/h6-18,26,30-32,37-38H,1,19-25,27-29H2,2-5H3,(H,49,59)(H,52,57)(H,53,62)(H2,50,54,61)/b51-26+/t30?,31?,32-,38-/m0/s1. The Morgan fingerprint density at radius 3 is 2.15 bits per heavy atom. The Labute approximate surface area is 383 Å². The first kappa shape index (κ1) is 48.2. The van der Waals surface area contributed by atoms with E-state index in [1.54, 1.807) is 52.1 Å². The van der Waals surface area contributed by atoms with Gasteiger partial charge in [0.05, 0.1) is 30.4 Å². The average Bonchev–Trinajstić information content (AvgIpc) is 3.56. The number of alkyl carbamates (subject to hydrolysis) is 1. The summed E-state index contributed by atoms with van der Waals surface area (Å²) in [5.74, 6) is -2.28. The molecule has 3 aliphatic rings. The van der Waals surface area contributed by atoms with Crippen LogP contribution < -0.4 is 36.5 Å². The molecular weight excluding hydrogens is 849 g/mol. The third kappa shape index (κ3) is 12.5. The fourth-order valence-corrected chi connectivity index (χ4v) is 8.42. The van der Waals surface area contributed by atoms with E-state index in [0.717, 1.165) is 52.8 Å². The fraction of sp³-hybridized carbons (Fsp3) is 0.417. The Hall–Kier alpha value is -7.24. The lowest BCUT2D eigenvalue weighted by atomic mass is 9.81. The number of hydrogen-bond acceptors (Lipinski definition) is 11. The van der Waals surface area contributed by atoms with Gasteiger partial charge in [-0.05, 0) is 86.8 Å². The quantitative estimate of drug-likeness (QED) is 0.0445. The van der Waals surface area contributed by atoms with Gasteiger partial charge >= 0.3 is 24.2 Å². The summed E-state index contributed by atoms with van der Waals surface area (Å²) >= 11 is 0. The molecule has 0 radical (unpaired) electrons. The lowest BCUT2D eigenvalue weighted by Crippen LogP contribution is -2.55. The maximum atomic E-state index is 14.6. The number of nitrogens with one attached hydrogen (secondary N) is 5. The third-order valence-corrected chi connectivity index (χ3v) is 11.5. The van der Waals surface area contributed by atoms with Gasteiger partial charge in [0.25, 0.3) is 5.91 Å². The van der Waals surface area contributed by atoms with E-state index in [1.165, 1.54) is 17.2 Å². The van der Waals surface area contributed by atoms with Gasteiger partial charge in [0.2, 0.25) is 11.8 Å². The van der Waals surface area contributed by atoms with Crippen molar-refractivity contribution in [2.24, 2.45) is 16.9 Å². The summed E-state index contributed by atoms with van der Waals surface area (Å²) < 4.78 is 16.6. The summed E-state index contributed by atoms with van der Waals surface area (Å²) in [6, 6.07) is 18.9. The van der Waals surface area contributed by atoms with Crippen molar-refractivity contribution < 1.29 is 47.8 Å². The second-order valence-corrected chi connectivity index (χ2v) is 17.3. The molecule has 0 spiro atoms. The first-order valence-electron chi connectivity index (χ1n) is 22.0. The molecule has 1 fully saturated rings. The number of ether oxygens (including phenoxy) is 3. The molecule has 0 saturated heterocycles. The predicted molar refractivity (Wildman–Crippen MR) is 247 cm³/mol. The number of hydrazone groups is 1. The van der Waals surface area contributed by atoms with Crippen molar-refractivity contribution in [3.05, 3.63) is 96.6 Å². The van der Waals surface area contributed by atoms with Crippen LogP contribution in [0.2, 0.25) is 0 Å². The smallest absolute Gasteiger partial charge is 0.414 e. The zero-order chi connectivity index (χ0) is 47.4. The van der Waals surface area contributed by atoms with Gasteiger partial charge < -0.3 is 35.5 Å². The molecule has 1 saturated carbocycles. The number of carbonyl (C=O) groups is 7. The van der Waals surface area contributed by atoms with E-state index >= 15 is 0 Å².